The summed E-state index contributed by atoms with van der Waals surface area (Å²) >= 11 is 0. The summed E-state index contributed by atoms with van der Waals surface area (Å²) < 4.78 is 40.2. The lowest BCUT2D eigenvalue weighted by atomic mass is 10.1. The lowest BCUT2D eigenvalue weighted by Crippen LogP contribution is -2.50. The first kappa shape index (κ1) is 20.4. The van der Waals surface area contributed by atoms with Crippen molar-refractivity contribution in [1.29, 1.82) is 0 Å². The van der Waals surface area contributed by atoms with E-state index >= 15 is 0 Å². The Hall–Kier alpha value is -2.84. The zero-order valence-corrected chi connectivity index (χ0v) is 17.6. The minimum atomic E-state index is -2.99. The first-order valence-electron chi connectivity index (χ1n) is 9.99. The number of carbonyl (C=O) groups is 1. The molecule has 1 amide bonds. The number of fused-ring (bicyclic) bond motifs is 1. The molecule has 0 atom stereocenters. The van der Waals surface area contributed by atoms with E-state index in [2.05, 4.69) is 10.00 Å². The van der Waals surface area contributed by atoms with Crippen LogP contribution in [0, 0.1) is 6.92 Å². The van der Waals surface area contributed by atoms with Crippen molar-refractivity contribution in [2.24, 2.45) is 0 Å². The molecule has 1 aromatic carbocycles. The number of hydrogen-bond acceptors (Lipinski definition) is 5. The zero-order chi connectivity index (χ0) is 21.7. The van der Waals surface area contributed by atoms with Gasteiger partial charge in [-0.15, -0.1) is 0 Å². The fourth-order valence-electron chi connectivity index (χ4n) is 3.63. The lowest BCUT2D eigenvalue weighted by Gasteiger charge is -2.35. The zero-order valence-electron chi connectivity index (χ0n) is 17.6. The average Bonchev–Trinajstić information content (AvgIpc) is 3.20. The molecule has 1 aromatic heterocycles. The van der Waals surface area contributed by atoms with E-state index in [1.54, 1.807) is 21.7 Å². The van der Waals surface area contributed by atoms with Crippen LogP contribution in [-0.4, -0.2) is 59.2 Å². The molecule has 7 nitrogen and oxygen atoms in total. The standard InChI is InChI=1S/C21H26F2N4O3/c1-14-11-18(25-7-9-26(10-8-25)19(28)30-20(2,3)4)24-27(14)15-5-6-17-16(12-15)21(22,23)13-29-17/h5-6,11-12H,7-10,13H2,1-4H3. The Bertz CT molecular complexity index is 960. The van der Waals surface area contributed by atoms with E-state index < -0.39 is 18.1 Å². The SMILES string of the molecule is Cc1cc(N2CCN(C(=O)OC(C)(C)C)CC2)nn1-c1ccc2c(c1)C(F)(F)CO2. The number of aryl methyl sites for hydroxylation is 1. The molecule has 4 rings (SSSR count). The van der Waals surface area contributed by atoms with E-state index in [0.29, 0.717) is 31.9 Å². The summed E-state index contributed by atoms with van der Waals surface area (Å²) in [6.45, 7) is 9.09. The highest BCUT2D eigenvalue weighted by Gasteiger charge is 2.41. The summed E-state index contributed by atoms with van der Waals surface area (Å²) in [5.41, 5.74) is 0.765. The van der Waals surface area contributed by atoms with Gasteiger partial charge in [-0.3, -0.25) is 0 Å². The van der Waals surface area contributed by atoms with Gasteiger partial charge in [-0.05, 0) is 45.9 Å². The number of ether oxygens (including phenoxy) is 2. The van der Waals surface area contributed by atoms with Crippen LogP contribution in [0.2, 0.25) is 0 Å². The Kier molecular flexibility index (Phi) is 4.86. The molecule has 3 heterocycles. The largest absolute Gasteiger partial charge is 0.486 e. The summed E-state index contributed by atoms with van der Waals surface area (Å²) in [5.74, 6) is -2.03. The highest BCUT2D eigenvalue weighted by atomic mass is 19.3. The van der Waals surface area contributed by atoms with Crippen molar-refractivity contribution in [3.05, 3.63) is 35.5 Å². The van der Waals surface area contributed by atoms with Gasteiger partial charge in [-0.1, -0.05) is 0 Å². The molecule has 0 radical (unpaired) electrons. The lowest BCUT2D eigenvalue weighted by molar-refractivity contribution is -0.0214. The molecule has 2 aliphatic heterocycles. The molecular weight excluding hydrogens is 394 g/mol. The van der Waals surface area contributed by atoms with Crippen LogP contribution >= 0.6 is 0 Å². The normalized spacial score (nSPS) is 18.2. The number of alkyl halides is 2. The minimum absolute atomic E-state index is 0.109. The number of halogens is 2. The van der Waals surface area contributed by atoms with Crippen LogP contribution in [0.4, 0.5) is 19.4 Å². The Balaban J connectivity index is 1.48. The summed E-state index contributed by atoms with van der Waals surface area (Å²) in [6.07, 6.45) is -0.315. The van der Waals surface area contributed by atoms with Gasteiger partial charge in [0.2, 0.25) is 0 Å². The maximum absolute atomic E-state index is 14.0. The predicted molar refractivity (Wildman–Crippen MR) is 108 cm³/mol. The van der Waals surface area contributed by atoms with Crippen molar-refractivity contribution in [3.63, 3.8) is 0 Å². The molecule has 0 saturated carbocycles. The Morgan fingerprint density at radius 1 is 1.17 bits per heavy atom. The molecule has 30 heavy (non-hydrogen) atoms. The number of hydrogen-bond donors (Lipinski definition) is 0. The average molecular weight is 420 g/mol. The van der Waals surface area contributed by atoms with E-state index in [-0.39, 0.29) is 17.4 Å². The molecule has 9 heteroatoms. The van der Waals surface area contributed by atoms with Crippen LogP contribution in [0.15, 0.2) is 24.3 Å². The third-order valence-corrected chi connectivity index (χ3v) is 5.14. The van der Waals surface area contributed by atoms with Crippen LogP contribution in [0.5, 0.6) is 5.75 Å². The van der Waals surface area contributed by atoms with Gasteiger partial charge in [0.05, 0.1) is 11.3 Å². The Labute approximate surface area is 174 Å². The topological polar surface area (TPSA) is 59.8 Å². The quantitative estimate of drug-likeness (QED) is 0.741. The Morgan fingerprint density at radius 3 is 2.53 bits per heavy atom. The molecule has 1 fully saturated rings. The summed E-state index contributed by atoms with van der Waals surface area (Å²) in [6, 6.07) is 6.65. The number of nitrogens with zero attached hydrogens (tertiary/aromatic N) is 4. The van der Waals surface area contributed by atoms with Crippen molar-refractivity contribution in [1.82, 2.24) is 14.7 Å². The Morgan fingerprint density at radius 2 is 1.87 bits per heavy atom. The van der Waals surface area contributed by atoms with Gasteiger partial charge >= 0.3 is 12.0 Å². The van der Waals surface area contributed by atoms with Crippen molar-refractivity contribution in [2.45, 2.75) is 39.2 Å². The molecule has 0 aliphatic carbocycles. The van der Waals surface area contributed by atoms with E-state index in [9.17, 15) is 13.6 Å². The second kappa shape index (κ2) is 7.14. The summed E-state index contributed by atoms with van der Waals surface area (Å²) in [4.78, 5) is 16.0. The van der Waals surface area contributed by atoms with Gasteiger partial charge in [0, 0.05) is 37.9 Å². The molecule has 2 aliphatic rings. The third kappa shape index (κ3) is 3.93. The molecule has 0 N–H and O–H groups in total. The van der Waals surface area contributed by atoms with Crippen LogP contribution in [0.25, 0.3) is 5.69 Å². The van der Waals surface area contributed by atoms with Crippen molar-refractivity contribution in [2.75, 3.05) is 37.7 Å². The van der Waals surface area contributed by atoms with Gasteiger partial charge in [-0.25, -0.2) is 9.48 Å². The smallest absolute Gasteiger partial charge is 0.410 e. The summed E-state index contributed by atoms with van der Waals surface area (Å²) in [5, 5.41) is 4.63. The molecule has 0 bridgehead atoms. The number of anilines is 1. The molecule has 162 valence electrons. The monoisotopic (exact) mass is 420 g/mol. The predicted octanol–water partition coefficient (Wildman–Crippen LogP) is 3.72. The first-order chi connectivity index (χ1) is 14.0. The highest BCUT2D eigenvalue weighted by molar-refractivity contribution is 5.68. The van der Waals surface area contributed by atoms with E-state index in [1.165, 1.54) is 6.07 Å². The molecule has 0 unspecified atom stereocenters. The van der Waals surface area contributed by atoms with Gasteiger partial charge in [0.25, 0.3) is 0 Å². The number of aromatic nitrogens is 2. The number of rotatable bonds is 2. The van der Waals surface area contributed by atoms with Gasteiger partial charge in [0.1, 0.15) is 11.4 Å². The first-order valence-corrected chi connectivity index (χ1v) is 9.99. The number of piperazine rings is 1. The van der Waals surface area contributed by atoms with E-state index in [4.69, 9.17) is 9.47 Å². The number of carbonyl (C=O) groups excluding carboxylic acids is 1. The van der Waals surface area contributed by atoms with Crippen molar-refractivity contribution in [3.8, 4) is 11.4 Å². The number of amides is 1. The van der Waals surface area contributed by atoms with Gasteiger partial charge < -0.3 is 19.3 Å². The highest BCUT2D eigenvalue weighted by Crippen LogP contribution is 2.42. The van der Waals surface area contributed by atoms with Gasteiger partial charge in [0.15, 0.2) is 12.4 Å². The van der Waals surface area contributed by atoms with Crippen LogP contribution in [0.3, 0.4) is 0 Å². The molecular formula is C21H26F2N4O3. The van der Waals surface area contributed by atoms with Crippen molar-refractivity contribution >= 4 is 11.9 Å². The third-order valence-electron chi connectivity index (χ3n) is 5.14. The molecule has 0 spiro atoms. The van der Waals surface area contributed by atoms with Gasteiger partial charge in [-0.2, -0.15) is 13.9 Å². The second-order valence-electron chi connectivity index (χ2n) is 8.68. The minimum Gasteiger partial charge on any atom is -0.486 e. The van der Waals surface area contributed by atoms with Crippen LogP contribution < -0.4 is 9.64 Å². The van der Waals surface area contributed by atoms with Crippen LogP contribution in [-0.2, 0) is 10.7 Å². The van der Waals surface area contributed by atoms with E-state index in [0.717, 1.165) is 11.5 Å². The maximum Gasteiger partial charge on any atom is 0.410 e. The molecule has 1 saturated heterocycles. The fourth-order valence-corrected chi connectivity index (χ4v) is 3.63. The summed E-state index contributed by atoms with van der Waals surface area (Å²) in [7, 11) is 0. The second-order valence-corrected chi connectivity index (χ2v) is 8.68. The van der Waals surface area contributed by atoms with Crippen LogP contribution in [0.1, 0.15) is 32.0 Å². The number of benzene rings is 1. The maximum atomic E-state index is 14.0. The fraction of sp³-hybridized carbons (Fsp3) is 0.524. The van der Waals surface area contributed by atoms with Crippen molar-refractivity contribution < 1.29 is 23.0 Å². The van der Waals surface area contributed by atoms with E-state index in [1.807, 2.05) is 33.8 Å². The molecule has 2 aromatic rings.